The quantitative estimate of drug-likeness (QED) is 0.691. The maximum absolute atomic E-state index is 10.2. The summed E-state index contributed by atoms with van der Waals surface area (Å²) in [6.07, 6.45) is 2.72. The maximum Gasteiger partial charge on any atom is 0.201 e. The highest BCUT2D eigenvalue weighted by atomic mass is 17.3. The first kappa shape index (κ1) is 13.5. The number of fused-ring (bicyclic) bond motifs is 2. The summed E-state index contributed by atoms with van der Waals surface area (Å²) in [6, 6.07) is 0. The van der Waals surface area contributed by atoms with Crippen LogP contribution in [0.5, 0.6) is 0 Å². The summed E-state index contributed by atoms with van der Waals surface area (Å²) < 4.78 is 11.9. The van der Waals surface area contributed by atoms with Crippen LogP contribution >= 0.6 is 0 Å². The molecule has 2 bridgehead atoms. The van der Waals surface area contributed by atoms with Crippen molar-refractivity contribution in [3.05, 3.63) is 0 Å². The van der Waals surface area contributed by atoms with Gasteiger partial charge in [-0.05, 0) is 38.0 Å². The number of ether oxygens (including phenoxy) is 2. The van der Waals surface area contributed by atoms with Crippen molar-refractivity contribution in [1.29, 1.82) is 0 Å². The van der Waals surface area contributed by atoms with Gasteiger partial charge in [0.15, 0.2) is 18.2 Å². The Balaban J connectivity index is 1.82. The van der Waals surface area contributed by atoms with Gasteiger partial charge in [0, 0.05) is 18.3 Å². The van der Waals surface area contributed by atoms with E-state index >= 15 is 0 Å². The average molecular weight is 284 g/mol. The first-order valence-electron chi connectivity index (χ1n) is 7.84. The van der Waals surface area contributed by atoms with Gasteiger partial charge in [0.05, 0.1) is 0 Å². The summed E-state index contributed by atoms with van der Waals surface area (Å²) in [4.78, 5) is 11.6. The van der Waals surface area contributed by atoms with Gasteiger partial charge in [-0.25, -0.2) is 9.78 Å². The Labute approximate surface area is 119 Å². The van der Waals surface area contributed by atoms with Crippen molar-refractivity contribution in [2.45, 2.75) is 70.4 Å². The van der Waals surface area contributed by atoms with Crippen LogP contribution in [-0.2, 0) is 19.2 Å². The van der Waals surface area contributed by atoms with E-state index in [4.69, 9.17) is 19.2 Å². The number of hydrogen-bond donors (Lipinski definition) is 1. The van der Waals surface area contributed by atoms with E-state index in [0.717, 1.165) is 19.3 Å². The zero-order valence-electron chi connectivity index (χ0n) is 12.4. The molecule has 0 aromatic rings. The third-order valence-corrected chi connectivity index (χ3v) is 6.12. The second-order valence-corrected chi connectivity index (χ2v) is 7.30. The van der Waals surface area contributed by atoms with Gasteiger partial charge in [0.2, 0.25) is 5.79 Å². The summed E-state index contributed by atoms with van der Waals surface area (Å²) in [7, 11) is 0. The van der Waals surface area contributed by atoms with Crippen molar-refractivity contribution >= 4 is 0 Å². The fraction of sp³-hybridized carbons (Fsp3) is 1.00. The van der Waals surface area contributed by atoms with Crippen LogP contribution in [0.1, 0.15) is 46.5 Å². The van der Waals surface area contributed by atoms with E-state index in [0.29, 0.717) is 11.8 Å². The summed E-state index contributed by atoms with van der Waals surface area (Å²) in [5, 5.41) is 10.2. The van der Waals surface area contributed by atoms with E-state index in [9.17, 15) is 5.11 Å². The van der Waals surface area contributed by atoms with Gasteiger partial charge < -0.3 is 14.6 Å². The van der Waals surface area contributed by atoms with E-state index in [1.807, 2.05) is 13.8 Å². The Bertz CT molecular complexity index is 411. The highest BCUT2D eigenvalue weighted by Crippen LogP contribution is 2.60. The molecule has 5 heteroatoms. The van der Waals surface area contributed by atoms with Crippen molar-refractivity contribution in [2.75, 3.05) is 0 Å². The molecule has 1 saturated carbocycles. The molecule has 5 aliphatic rings. The minimum atomic E-state index is -0.781. The first-order valence-corrected chi connectivity index (χ1v) is 7.84. The van der Waals surface area contributed by atoms with Crippen LogP contribution < -0.4 is 0 Å². The van der Waals surface area contributed by atoms with Gasteiger partial charge >= 0.3 is 0 Å². The van der Waals surface area contributed by atoms with Crippen molar-refractivity contribution in [3.63, 3.8) is 0 Å². The summed E-state index contributed by atoms with van der Waals surface area (Å²) in [5.41, 5.74) is -0.549. The molecule has 20 heavy (non-hydrogen) atoms. The predicted molar refractivity (Wildman–Crippen MR) is 69.0 cm³/mol. The van der Waals surface area contributed by atoms with Crippen molar-refractivity contribution in [3.8, 4) is 0 Å². The van der Waals surface area contributed by atoms with Gasteiger partial charge in [-0.1, -0.05) is 13.8 Å². The van der Waals surface area contributed by atoms with Crippen LogP contribution in [-0.4, -0.2) is 29.1 Å². The van der Waals surface area contributed by atoms with E-state index in [2.05, 4.69) is 6.92 Å². The molecule has 5 nitrogen and oxygen atoms in total. The second kappa shape index (κ2) is 4.17. The summed E-state index contributed by atoms with van der Waals surface area (Å²) in [6.45, 7) is 6.22. The van der Waals surface area contributed by atoms with Gasteiger partial charge in [-0.3, -0.25) is 0 Å². The van der Waals surface area contributed by atoms with E-state index in [1.54, 1.807) is 0 Å². The number of rotatable bonds is 0. The number of aliphatic hydroxyl groups is 1. The van der Waals surface area contributed by atoms with Crippen LogP contribution in [0.2, 0.25) is 0 Å². The summed E-state index contributed by atoms with van der Waals surface area (Å²) in [5.74, 6) is 0.437. The van der Waals surface area contributed by atoms with Crippen molar-refractivity contribution in [2.24, 2.45) is 23.7 Å². The van der Waals surface area contributed by atoms with E-state index < -0.39 is 24.0 Å². The molecule has 0 amide bonds. The molecule has 4 aliphatic heterocycles. The van der Waals surface area contributed by atoms with Gasteiger partial charge in [-0.15, -0.1) is 0 Å². The maximum atomic E-state index is 10.2. The third-order valence-electron chi connectivity index (χ3n) is 6.12. The molecule has 4 heterocycles. The van der Waals surface area contributed by atoms with E-state index in [-0.39, 0.29) is 11.8 Å². The van der Waals surface area contributed by atoms with Crippen LogP contribution in [0.4, 0.5) is 0 Å². The highest BCUT2D eigenvalue weighted by molar-refractivity contribution is 5.08. The lowest BCUT2D eigenvalue weighted by molar-refractivity contribution is -0.576. The SMILES string of the molecule is C[C@@H]1[C@H]2CC[C@@H](C)[C@@H]3CC[C@@]4(C)OO[C@@]23[C@H](O[C@@H]1O)O4. The van der Waals surface area contributed by atoms with Crippen molar-refractivity contribution in [1.82, 2.24) is 0 Å². The Morgan fingerprint density at radius 3 is 2.65 bits per heavy atom. The van der Waals surface area contributed by atoms with Crippen LogP contribution in [0.3, 0.4) is 0 Å². The second-order valence-electron chi connectivity index (χ2n) is 7.30. The fourth-order valence-electron chi connectivity index (χ4n) is 4.89. The minimum Gasteiger partial charge on any atom is -0.368 e. The topological polar surface area (TPSA) is 57.2 Å². The zero-order chi connectivity index (χ0) is 14.1. The number of hydrogen-bond acceptors (Lipinski definition) is 5. The molecule has 4 saturated heterocycles. The molecule has 5 rings (SSSR count). The molecular weight excluding hydrogens is 260 g/mol. The highest BCUT2D eigenvalue weighted by Gasteiger charge is 2.69. The largest absolute Gasteiger partial charge is 0.368 e. The molecule has 0 unspecified atom stereocenters. The molecule has 1 aliphatic carbocycles. The Kier molecular flexibility index (Phi) is 2.81. The Morgan fingerprint density at radius 1 is 1.05 bits per heavy atom. The standard InChI is InChI=1S/C15H24O5/c1-8-4-5-11-9(2)12(16)17-13-15(11)10(8)6-7-14(3,18-13)19-20-15/h8-13,16H,4-7H2,1-3H3/t8-,9-,10+,11-,12+,13-,14-,15-/m1/s1. The lowest BCUT2D eigenvalue weighted by atomic mass is 9.58. The third kappa shape index (κ3) is 1.56. The molecule has 5 fully saturated rings. The lowest BCUT2D eigenvalue weighted by Crippen LogP contribution is -2.70. The van der Waals surface area contributed by atoms with Gasteiger partial charge in [-0.2, -0.15) is 0 Å². The molecule has 1 N–H and O–H groups in total. The van der Waals surface area contributed by atoms with Gasteiger partial charge in [0.25, 0.3) is 0 Å². The van der Waals surface area contributed by atoms with Gasteiger partial charge in [0.1, 0.15) is 0 Å². The monoisotopic (exact) mass is 284 g/mol. The first-order chi connectivity index (χ1) is 9.46. The molecule has 114 valence electrons. The molecule has 0 radical (unpaired) electrons. The van der Waals surface area contributed by atoms with E-state index in [1.165, 1.54) is 6.42 Å². The zero-order valence-corrected chi connectivity index (χ0v) is 12.4. The molecule has 0 aromatic heterocycles. The normalized spacial score (nSPS) is 61.8. The Hall–Kier alpha value is -0.200. The predicted octanol–water partition coefficient (Wildman–Crippen LogP) is 2.19. The molecular formula is C15H24O5. The van der Waals surface area contributed by atoms with Crippen LogP contribution in [0.15, 0.2) is 0 Å². The molecule has 1 spiro atoms. The molecule has 0 aromatic carbocycles. The summed E-state index contributed by atoms with van der Waals surface area (Å²) >= 11 is 0. The number of aliphatic hydroxyl groups excluding tert-OH is 1. The lowest BCUT2D eigenvalue weighted by Gasteiger charge is -2.59. The van der Waals surface area contributed by atoms with Crippen LogP contribution in [0, 0.1) is 23.7 Å². The smallest absolute Gasteiger partial charge is 0.201 e. The molecule has 8 atom stereocenters. The van der Waals surface area contributed by atoms with Crippen LogP contribution in [0.25, 0.3) is 0 Å². The Morgan fingerprint density at radius 2 is 1.85 bits per heavy atom. The average Bonchev–Trinajstić information content (AvgIpc) is 2.63. The minimum absolute atomic E-state index is 0.0379. The fourth-order valence-corrected chi connectivity index (χ4v) is 4.89. The van der Waals surface area contributed by atoms with Crippen molar-refractivity contribution < 1.29 is 24.4 Å².